The molecule has 0 spiro atoms. The molecule has 1 heterocycles. The lowest BCUT2D eigenvalue weighted by molar-refractivity contribution is 0.782. The highest BCUT2D eigenvalue weighted by atomic mass is 35.5. The number of aliphatic imine (C=N–C) groups is 1. The van der Waals surface area contributed by atoms with Gasteiger partial charge in [0.2, 0.25) is 0 Å². The molecule has 5 heteroatoms. The second-order valence-electron chi connectivity index (χ2n) is 5.35. The summed E-state index contributed by atoms with van der Waals surface area (Å²) in [4.78, 5) is 8.36. The molecule has 0 unspecified atom stereocenters. The summed E-state index contributed by atoms with van der Waals surface area (Å²) in [7, 11) is 1.79. The molecule has 2 aromatic rings. The molecule has 4 nitrogen and oxygen atoms in total. The van der Waals surface area contributed by atoms with Gasteiger partial charge in [0.05, 0.1) is 0 Å². The van der Waals surface area contributed by atoms with Crippen molar-refractivity contribution in [3.63, 3.8) is 0 Å². The molecule has 0 saturated carbocycles. The lowest BCUT2D eigenvalue weighted by Crippen LogP contribution is -2.39. The van der Waals surface area contributed by atoms with E-state index in [4.69, 9.17) is 11.6 Å². The van der Waals surface area contributed by atoms with Crippen molar-refractivity contribution in [3.8, 4) is 0 Å². The molecule has 0 aliphatic carbocycles. The monoisotopic (exact) mass is 330 g/mol. The van der Waals surface area contributed by atoms with Crippen LogP contribution >= 0.6 is 11.6 Å². The van der Waals surface area contributed by atoms with Crippen molar-refractivity contribution >= 4 is 17.6 Å². The second-order valence-corrected chi connectivity index (χ2v) is 5.79. The van der Waals surface area contributed by atoms with Crippen LogP contribution in [0.1, 0.15) is 16.7 Å². The quantitative estimate of drug-likeness (QED) is 0.632. The van der Waals surface area contributed by atoms with Crippen molar-refractivity contribution in [1.29, 1.82) is 0 Å². The van der Waals surface area contributed by atoms with Gasteiger partial charge in [-0.2, -0.15) is 0 Å². The number of guanidine groups is 1. The largest absolute Gasteiger partial charge is 0.356 e. The standard InChI is InChI=1S/C18H23ClN4/c1-14-13-21-10-8-16(14)9-12-23-18(20-2)22-11-7-15-3-5-17(19)6-4-15/h3-6,8,10,13H,7,9,11-12H2,1-2H3,(H2,20,22,23). The third-order valence-electron chi connectivity index (χ3n) is 3.67. The van der Waals surface area contributed by atoms with Gasteiger partial charge in [0.25, 0.3) is 0 Å². The van der Waals surface area contributed by atoms with E-state index < -0.39 is 0 Å². The van der Waals surface area contributed by atoms with Crippen molar-refractivity contribution in [1.82, 2.24) is 15.6 Å². The maximum absolute atomic E-state index is 5.89. The minimum Gasteiger partial charge on any atom is -0.356 e. The first-order valence-corrected chi connectivity index (χ1v) is 8.15. The molecule has 1 aromatic carbocycles. The molecular weight excluding hydrogens is 308 g/mol. The molecule has 23 heavy (non-hydrogen) atoms. The number of rotatable bonds is 6. The third kappa shape index (κ3) is 5.91. The predicted octanol–water partition coefficient (Wildman–Crippen LogP) is 2.99. The number of aromatic nitrogens is 1. The maximum Gasteiger partial charge on any atom is 0.190 e. The Morgan fingerprint density at radius 3 is 2.43 bits per heavy atom. The number of nitrogens with zero attached hydrogens (tertiary/aromatic N) is 2. The number of hydrogen-bond donors (Lipinski definition) is 2. The molecular formula is C18H23ClN4. The third-order valence-corrected chi connectivity index (χ3v) is 3.92. The Bertz CT molecular complexity index is 638. The summed E-state index contributed by atoms with van der Waals surface area (Å²) in [5.74, 6) is 0.825. The molecule has 0 fully saturated rings. The average molecular weight is 331 g/mol. The second kappa shape index (κ2) is 9.16. The van der Waals surface area contributed by atoms with Crippen LogP contribution in [0, 0.1) is 6.92 Å². The molecule has 0 aliphatic rings. The van der Waals surface area contributed by atoms with E-state index in [0.717, 1.165) is 36.9 Å². The molecule has 0 aliphatic heterocycles. The molecule has 0 radical (unpaired) electrons. The fourth-order valence-corrected chi connectivity index (χ4v) is 2.42. The van der Waals surface area contributed by atoms with Gasteiger partial charge < -0.3 is 10.6 Å². The highest BCUT2D eigenvalue weighted by Gasteiger charge is 2.00. The number of pyridine rings is 1. The predicted molar refractivity (Wildman–Crippen MR) is 97.2 cm³/mol. The van der Waals surface area contributed by atoms with Crippen molar-refractivity contribution in [3.05, 3.63) is 64.4 Å². The topological polar surface area (TPSA) is 49.3 Å². The number of hydrogen-bond acceptors (Lipinski definition) is 2. The van der Waals surface area contributed by atoms with Gasteiger partial charge in [0, 0.05) is 37.6 Å². The zero-order valence-electron chi connectivity index (χ0n) is 13.6. The van der Waals surface area contributed by atoms with Crippen LogP contribution < -0.4 is 10.6 Å². The van der Waals surface area contributed by atoms with Gasteiger partial charge in [0.15, 0.2) is 5.96 Å². The summed E-state index contributed by atoms with van der Waals surface area (Å²) in [5.41, 5.74) is 3.79. The van der Waals surface area contributed by atoms with Crippen molar-refractivity contribution in [2.24, 2.45) is 4.99 Å². The summed E-state index contributed by atoms with van der Waals surface area (Å²) < 4.78 is 0. The van der Waals surface area contributed by atoms with E-state index in [1.54, 1.807) is 7.05 Å². The van der Waals surface area contributed by atoms with E-state index in [1.807, 2.05) is 36.7 Å². The number of benzene rings is 1. The summed E-state index contributed by atoms with van der Waals surface area (Å²) in [6.45, 7) is 3.75. The van der Waals surface area contributed by atoms with E-state index >= 15 is 0 Å². The Morgan fingerprint density at radius 2 is 1.78 bits per heavy atom. The molecule has 0 bridgehead atoms. The van der Waals surface area contributed by atoms with Crippen LogP contribution in [0.3, 0.4) is 0 Å². The van der Waals surface area contributed by atoms with E-state index in [9.17, 15) is 0 Å². The Balaban J connectivity index is 1.71. The summed E-state index contributed by atoms with van der Waals surface area (Å²) in [6.07, 6.45) is 5.61. The zero-order valence-corrected chi connectivity index (χ0v) is 14.4. The number of nitrogens with one attached hydrogen (secondary N) is 2. The first-order chi connectivity index (χ1) is 11.2. The van der Waals surface area contributed by atoms with Gasteiger partial charge in [0.1, 0.15) is 0 Å². The minimum atomic E-state index is 0.769. The van der Waals surface area contributed by atoms with Crippen LogP contribution in [0.4, 0.5) is 0 Å². The van der Waals surface area contributed by atoms with Crippen molar-refractivity contribution in [2.45, 2.75) is 19.8 Å². The molecule has 0 atom stereocenters. The average Bonchev–Trinajstić information content (AvgIpc) is 2.57. The highest BCUT2D eigenvalue weighted by Crippen LogP contribution is 2.09. The maximum atomic E-state index is 5.89. The Labute approximate surface area is 143 Å². The van der Waals surface area contributed by atoms with E-state index in [-0.39, 0.29) is 0 Å². The van der Waals surface area contributed by atoms with Gasteiger partial charge in [-0.15, -0.1) is 0 Å². The fourth-order valence-electron chi connectivity index (χ4n) is 2.30. The van der Waals surface area contributed by atoms with Gasteiger partial charge in [-0.1, -0.05) is 23.7 Å². The Morgan fingerprint density at radius 1 is 1.09 bits per heavy atom. The van der Waals surface area contributed by atoms with Crippen LogP contribution in [-0.2, 0) is 12.8 Å². The summed E-state index contributed by atoms with van der Waals surface area (Å²) in [5, 5.41) is 7.43. The molecule has 0 saturated heterocycles. The lowest BCUT2D eigenvalue weighted by Gasteiger charge is -2.12. The number of aryl methyl sites for hydroxylation is 1. The van der Waals surface area contributed by atoms with Crippen molar-refractivity contribution < 1.29 is 0 Å². The van der Waals surface area contributed by atoms with Gasteiger partial charge >= 0.3 is 0 Å². The minimum absolute atomic E-state index is 0.769. The van der Waals surface area contributed by atoms with E-state index in [1.165, 1.54) is 16.7 Å². The van der Waals surface area contributed by atoms with Gasteiger partial charge in [-0.3, -0.25) is 9.98 Å². The van der Waals surface area contributed by atoms with E-state index in [2.05, 4.69) is 33.6 Å². The molecule has 2 rings (SSSR count). The van der Waals surface area contributed by atoms with Crippen LogP contribution in [0.2, 0.25) is 5.02 Å². The zero-order chi connectivity index (χ0) is 16.5. The van der Waals surface area contributed by atoms with E-state index in [0.29, 0.717) is 0 Å². The smallest absolute Gasteiger partial charge is 0.190 e. The highest BCUT2D eigenvalue weighted by molar-refractivity contribution is 6.30. The number of halogens is 1. The van der Waals surface area contributed by atoms with Crippen molar-refractivity contribution in [2.75, 3.05) is 20.1 Å². The molecule has 0 amide bonds. The Kier molecular flexibility index (Phi) is 6.88. The fraction of sp³-hybridized carbons (Fsp3) is 0.333. The van der Waals surface area contributed by atoms with Crippen LogP contribution in [0.5, 0.6) is 0 Å². The van der Waals surface area contributed by atoms with Crippen LogP contribution in [-0.4, -0.2) is 31.1 Å². The summed E-state index contributed by atoms with van der Waals surface area (Å²) in [6, 6.07) is 9.99. The molecule has 1 aromatic heterocycles. The van der Waals surface area contributed by atoms with Crippen LogP contribution in [0.25, 0.3) is 0 Å². The lowest BCUT2D eigenvalue weighted by atomic mass is 10.1. The molecule has 2 N–H and O–H groups in total. The summed E-state index contributed by atoms with van der Waals surface area (Å²) >= 11 is 5.89. The first-order valence-electron chi connectivity index (χ1n) is 7.77. The first kappa shape index (κ1) is 17.3. The van der Waals surface area contributed by atoms with Crippen LogP contribution in [0.15, 0.2) is 47.7 Å². The van der Waals surface area contributed by atoms with Gasteiger partial charge in [-0.25, -0.2) is 0 Å². The normalized spacial score (nSPS) is 11.3. The Hall–Kier alpha value is -2.07. The SMILES string of the molecule is CN=C(NCCc1ccc(Cl)cc1)NCCc1ccncc1C. The molecule has 122 valence electrons. The van der Waals surface area contributed by atoms with Gasteiger partial charge in [-0.05, 0) is 54.7 Å².